The minimum Gasteiger partial charge on any atom is -0.493 e. The van der Waals surface area contributed by atoms with Crippen molar-refractivity contribution in [2.24, 2.45) is 0 Å². The molecule has 2 heteroatoms. The summed E-state index contributed by atoms with van der Waals surface area (Å²) in [5, 5.41) is 0. The van der Waals surface area contributed by atoms with Crippen LogP contribution in [-0.4, -0.2) is 7.11 Å². The molecule has 0 aliphatic rings. The van der Waals surface area contributed by atoms with E-state index in [-0.39, 0.29) is 0 Å². The topological polar surface area (TPSA) is 18.5 Å². The predicted molar refractivity (Wildman–Crippen MR) is 53.2 cm³/mol. The lowest BCUT2D eigenvalue weighted by atomic mass is 10.2. The zero-order valence-corrected chi connectivity index (χ0v) is 8.26. The first-order valence-electron chi connectivity index (χ1n) is 4.11. The van der Waals surface area contributed by atoms with Crippen LogP contribution < -0.4 is 9.47 Å². The molecule has 70 valence electrons. The van der Waals surface area contributed by atoms with Gasteiger partial charge in [0.1, 0.15) is 0 Å². The van der Waals surface area contributed by atoms with Gasteiger partial charge in [0, 0.05) is 0 Å². The lowest BCUT2D eigenvalue weighted by molar-refractivity contribution is 0.362. The molecule has 13 heavy (non-hydrogen) atoms. The quantitative estimate of drug-likeness (QED) is 0.662. The van der Waals surface area contributed by atoms with E-state index in [1.165, 1.54) is 0 Å². The number of allylic oxidation sites excluding steroid dienone is 1. The molecule has 1 rings (SSSR count). The third-order valence-corrected chi connectivity index (χ3v) is 1.60. The summed E-state index contributed by atoms with van der Waals surface area (Å²) in [7, 11) is 1.63. The zero-order valence-electron chi connectivity index (χ0n) is 8.26. The Morgan fingerprint density at radius 2 is 2.00 bits per heavy atom. The highest BCUT2D eigenvalue weighted by molar-refractivity contribution is 5.43. The minimum absolute atomic E-state index is 0.655. The standard InChI is InChI=1S/C11H14O2/c1-8(2)13-10-6-5-9(3)7-11(10)12-4/h5-7H,1H2,2-4H3. The fourth-order valence-corrected chi connectivity index (χ4v) is 1.05. The van der Waals surface area contributed by atoms with Crippen molar-refractivity contribution in [1.82, 2.24) is 0 Å². The molecular formula is C11H14O2. The number of ether oxygens (including phenoxy) is 2. The highest BCUT2D eigenvalue weighted by Gasteiger charge is 2.03. The van der Waals surface area contributed by atoms with Crippen LogP contribution in [-0.2, 0) is 0 Å². The van der Waals surface area contributed by atoms with Crippen molar-refractivity contribution < 1.29 is 9.47 Å². The minimum atomic E-state index is 0.655. The average molecular weight is 178 g/mol. The van der Waals surface area contributed by atoms with Crippen LogP contribution in [0.4, 0.5) is 0 Å². The van der Waals surface area contributed by atoms with Crippen LogP contribution in [0.2, 0.25) is 0 Å². The zero-order chi connectivity index (χ0) is 9.84. The maximum Gasteiger partial charge on any atom is 0.168 e. The van der Waals surface area contributed by atoms with Crippen molar-refractivity contribution >= 4 is 0 Å². The van der Waals surface area contributed by atoms with E-state index in [0.717, 1.165) is 11.3 Å². The number of hydrogen-bond donors (Lipinski definition) is 0. The van der Waals surface area contributed by atoms with Crippen LogP contribution in [0, 0.1) is 6.92 Å². The molecule has 0 aromatic heterocycles. The highest BCUT2D eigenvalue weighted by atomic mass is 16.5. The first-order valence-corrected chi connectivity index (χ1v) is 4.11. The van der Waals surface area contributed by atoms with Gasteiger partial charge in [-0.1, -0.05) is 12.6 Å². The Morgan fingerprint density at radius 3 is 2.54 bits per heavy atom. The predicted octanol–water partition coefficient (Wildman–Crippen LogP) is 2.92. The van der Waals surface area contributed by atoms with Crippen molar-refractivity contribution in [1.29, 1.82) is 0 Å². The Labute approximate surface area is 78.8 Å². The third-order valence-electron chi connectivity index (χ3n) is 1.60. The van der Waals surface area contributed by atoms with E-state index < -0.39 is 0 Å². The third kappa shape index (κ3) is 2.51. The van der Waals surface area contributed by atoms with E-state index in [1.807, 2.05) is 25.1 Å². The molecule has 0 aliphatic carbocycles. The van der Waals surface area contributed by atoms with E-state index in [2.05, 4.69) is 6.58 Å². The number of benzene rings is 1. The summed E-state index contributed by atoms with van der Waals surface area (Å²) in [6.45, 7) is 7.48. The van der Waals surface area contributed by atoms with E-state index in [0.29, 0.717) is 11.5 Å². The molecule has 0 amide bonds. The monoisotopic (exact) mass is 178 g/mol. The van der Waals surface area contributed by atoms with E-state index in [1.54, 1.807) is 14.0 Å². The largest absolute Gasteiger partial charge is 0.493 e. The van der Waals surface area contributed by atoms with Crippen molar-refractivity contribution in [3.63, 3.8) is 0 Å². The molecule has 1 aromatic rings. The van der Waals surface area contributed by atoms with E-state index >= 15 is 0 Å². The molecule has 0 fully saturated rings. The molecule has 0 spiro atoms. The fourth-order valence-electron chi connectivity index (χ4n) is 1.05. The van der Waals surface area contributed by atoms with Gasteiger partial charge in [0.05, 0.1) is 12.9 Å². The second-order valence-corrected chi connectivity index (χ2v) is 2.96. The summed E-state index contributed by atoms with van der Waals surface area (Å²) in [5.74, 6) is 2.10. The summed E-state index contributed by atoms with van der Waals surface area (Å²) in [6, 6.07) is 5.78. The summed E-state index contributed by atoms with van der Waals surface area (Å²) < 4.78 is 10.5. The van der Waals surface area contributed by atoms with Crippen molar-refractivity contribution in [3.8, 4) is 11.5 Å². The summed E-state index contributed by atoms with van der Waals surface area (Å²) in [6.07, 6.45) is 0. The fraction of sp³-hybridized carbons (Fsp3) is 0.273. The second-order valence-electron chi connectivity index (χ2n) is 2.96. The highest BCUT2D eigenvalue weighted by Crippen LogP contribution is 2.28. The second kappa shape index (κ2) is 3.99. The molecule has 1 aromatic carbocycles. The van der Waals surface area contributed by atoms with Crippen molar-refractivity contribution in [3.05, 3.63) is 36.1 Å². The Hall–Kier alpha value is -1.44. The van der Waals surface area contributed by atoms with E-state index in [9.17, 15) is 0 Å². The number of hydrogen-bond acceptors (Lipinski definition) is 2. The van der Waals surface area contributed by atoms with Gasteiger partial charge in [-0.05, 0) is 31.5 Å². The van der Waals surface area contributed by atoms with Crippen LogP contribution in [0.1, 0.15) is 12.5 Å². The SMILES string of the molecule is C=C(C)Oc1ccc(C)cc1OC. The maximum atomic E-state index is 5.37. The lowest BCUT2D eigenvalue weighted by Crippen LogP contribution is -1.93. The Morgan fingerprint density at radius 1 is 1.31 bits per heavy atom. The van der Waals surface area contributed by atoms with Crippen LogP contribution in [0.15, 0.2) is 30.5 Å². The molecule has 0 unspecified atom stereocenters. The van der Waals surface area contributed by atoms with Gasteiger partial charge < -0.3 is 9.47 Å². The first kappa shape index (κ1) is 9.65. The Kier molecular flexibility index (Phi) is 2.96. The number of methoxy groups -OCH3 is 1. The van der Waals surface area contributed by atoms with E-state index in [4.69, 9.17) is 9.47 Å². The van der Waals surface area contributed by atoms with Gasteiger partial charge in [-0.2, -0.15) is 0 Å². The van der Waals surface area contributed by atoms with Crippen LogP contribution in [0.5, 0.6) is 11.5 Å². The van der Waals surface area contributed by atoms with Gasteiger partial charge in [0.15, 0.2) is 11.5 Å². The number of aryl methyl sites for hydroxylation is 1. The molecule has 0 atom stereocenters. The molecule has 2 nitrogen and oxygen atoms in total. The smallest absolute Gasteiger partial charge is 0.168 e. The summed E-state index contributed by atoms with van der Waals surface area (Å²) >= 11 is 0. The Balaban J connectivity index is 2.99. The molecular weight excluding hydrogens is 164 g/mol. The van der Waals surface area contributed by atoms with Gasteiger partial charge in [-0.25, -0.2) is 0 Å². The lowest BCUT2D eigenvalue weighted by Gasteiger charge is -2.09. The van der Waals surface area contributed by atoms with Gasteiger partial charge in [0.25, 0.3) is 0 Å². The van der Waals surface area contributed by atoms with Crippen LogP contribution >= 0.6 is 0 Å². The maximum absolute atomic E-state index is 5.37. The van der Waals surface area contributed by atoms with Gasteiger partial charge in [0.2, 0.25) is 0 Å². The Bertz CT molecular complexity index is 316. The first-order chi connectivity index (χ1) is 6.13. The van der Waals surface area contributed by atoms with Gasteiger partial charge in [-0.3, -0.25) is 0 Å². The molecule has 0 N–H and O–H groups in total. The summed E-state index contributed by atoms with van der Waals surface area (Å²) in [4.78, 5) is 0. The van der Waals surface area contributed by atoms with Crippen molar-refractivity contribution in [2.75, 3.05) is 7.11 Å². The molecule has 0 heterocycles. The number of rotatable bonds is 3. The average Bonchev–Trinajstić information content (AvgIpc) is 2.07. The van der Waals surface area contributed by atoms with Crippen molar-refractivity contribution in [2.45, 2.75) is 13.8 Å². The molecule has 0 bridgehead atoms. The summed E-state index contributed by atoms with van der Waals surface area (Å²) in [5.41, 5.74) is 1.14. The molecule has 0 radical (unpaired) electrons. The normalized spacial score (nSPS) is 9.46. The van der Waals surface area contributed by atoms with Gasteiger partial charge in [-0.15, -0.1) is 0 Å². The molecule has 0 aliphatic heterocycles. The molecule has 0 saturated heterocycles. The van der Waals surface area contributed by atoms with Gasteiger partial charge >= 0.3 is 0 Å². The van der Waals surface area contributed by atoms with Crippen LogP contribution in [0.25, 0.3) is 0 Å². The molecule has 0 saturated carbocycles. The van der Waals surface area contributed by atoms with Crippen LogP contribution in [0.3, 0.4) is 0 Å².